The lowest BCUT2D eigenvalue weighted by molar-refractivity contribution is 0.0773. The van der Waals surface area contributed by atoms with Crippen LogP contribution in [-0.2, 0) is 6.42 Å². The lowest BCUT2D eigenvalue weighted by Gasteiger charge is -2.36. The van der Waals surface area contributed by atoms with Gasteiger partial charge in [-0.25, -0.2) is 9.37 Å². The molecule has 1 atom stereocenters. The maximum Gasteiger partial charge on any atom is 0.217 e. The van der Waals surface area contributed by atoms with Crippen LogP contribution in [0.15, 0.2) is 18.2 Å². The molecule has 0 bridgehead atoms. The van der Waals surface area contributed by atoms with Crippen LogP contribution >= 0.6 is 0 Å². The number of likely N-dealkylation sites (tertiary alicyclic amines) is 1. The molecule has 0 aliphatic carbocycles. The third-order valence-electron chi connectivity index (χ3n) is 5.43. The fourth-order valence-corrected chi connectivity index (χ4v) is 3.99. The average molecular weight is 371 g/mol. The first-order chi connectivity index (χ1) is 13.0. The Morgan fingerprint density at radius 1 is 1.15 bits per heavy atom. The third kappa shape index (κ3) is 3.90. The van der Waals surface area contributed by atoms with Crippen LogP contribution in [0.1, 0.15) is 48.5 Å². The van der Waals surface area contributed by atoms with Crippen LogP contribution in [0.5, 0.6) is 11.6 Å². The zero-order valence-corrected chi connectivity index (χ0v) is 16.2. The van der Waals surface area contributed by atoms with Gasteiger partial charge in [0.05, 0.1) is 18.3 Å². The van der Waals surface area contributed by atoms with Gasteiger partial charge in [-0.1, -0.05) is 0 Å². The molecule has 0 spiro atoms. The normalized spacial score (nSPS) is 18.8. The molecule has 2 aromatic heterocycles. The summed E-state index contributed by atoms with van der Waals surface area (Å²) in [5, 5.41) is 0. The highest BCUT2D eigenvalue weighted by Crippen LogP contribution is 2.31. The van der Waals surface area contributed by atoms with Gasteiger partial charge in [-0.2, -0.15) is 0 Å². The van der Waals surface area contributed by atoms with E-state index in [-0.39, 0.29) is 18.0 Å². The number of fused-ring (bicyclic) bond motifs is 1. The summed E-state index contributed by atoms with van der Waals surface area (Å²) in [7, 11) is 0. The van der Waals surface area contributed by atoms with Gasteiger partial charge in [0.25, 0.3) is 0 Å². The highest BCUT2D eigenvalue weighted by atomic mass is 19.1. The van der Waals surface area contributed by atoms with Crippen LogP contribution in [0.2, 0.25) is 0 Å². The standard InChI is InChI=1S/C21H26FN3O2/c1-13-10-18(11-14(2)23-13)27-17-4-7-25(8-5-17)15(3)20-19(22)12-16-6-9-26-21(16)24-20/h10-12,15,17H,4-9H2,1-3H3. The highest BCUT2D eigenvalue weighted by molar-refractivity contribution is 5.33. The van der Waals surface area contributed by atoms with E-state index >= 15 is 0 Å². The maximum atomic E-state index is 14.5. The van der Waals surface area contributed by atoms with Crippen LogP contribution in [0.25, 0.3) is 0 Å². The summed E-state index contributed by atoms with van der Waals surface area (Å²) in [5.74, 6) is 1.25. The summed E-state index contributed by atoms with van der Waals surface area (Å²) in [6, 6.07) is 5.47. The molecule has 5 nitrogen and oxygen atoms in total. The minimum atomic E-state index is -0.229. The van der Waals surface area contributed by atoms with Crippen molar-refractivity contribution < 1.29 is 13.9 Å². The Morgan fingerprint density at radius 3 is 2.56 bits per heavy atom. The molecule has 27 heavy (non-hydrogen) atoms. The van der Waals surface area contributed by atoms with E-state index < -0.39 is 0 Å². The third-order valence-corrected chi connectivity index (χ3v) is 5.43. The van der Waals surface area contributed by atoms with Gasteiger partial charge in [-0.3, -0.25) is 9.88 Å². The molecule has 0 radical (unpaired) electrons. The average Bonchev–Trinajstić information content (AvgIpc) is 3.07. The van der Waals surface area contributed by atoms with Crippen molar-refractivity contribution in [2.45, 2.75) is 52.2 Å². The zero-order valence-electron chi connectivity index (χ0n) is 16.2. The highest BCUT2D eigenvalue weighted by Gasteiger charge is 2.28. The molecule has 6 heteroatoms. The lowest BCUT2D eigenvalue weighted by Crippen LogP contribution is -2.40. The van der Waals surface area contributed by atoms with Gasteiger partial charge in [-0.15, -0.1) is 0 Å². The second kappa shape index (κ2) is 7.43. The molecule has 1 unspecified atom stereocenters. The predicted molar refractivity (Wildman–Crippen MR) is 101 cm³/mol. The van der Waals surface area contributed by atoms with Crippen LogP contribution in [0, 0.1) is 19.7 Å². The number of rotatable bonds is 4. The topological polar surface area (TPSA) is 47.5 Å². The summed E-state index contributed by atoms with van der Waals surface area (Å²) in [5.41, 5.74) is 3.29. The summed E-state index contributed by atoms with van der Waals surface area (Å²) < 4.78 is 26.2. The Hall–Kier alpha value is -2.21. The van der Waals surface area contributed by atoms with Crippen molar-refractivity contribution in [2.75, 3.05) is 19.7 Å². The van der Waals surface area contributed by atoms with Gasteiger partial charge in [0.2, 0.25) is 5.88 Å². The van der Waals surface area contributed by atoms with E-state index in [0.29, 0.717) is 18.2 Å². The molecule has 4 rings (SSSR count). The Bertz CT molecular complexity index is 814. The fourth-order valence-electron chi connectivity index (χ4n) is 3.99. The number of hydrogen-bond donors (Lipinski definition) is 0. The predicted octanol–water partition coefficient (Wildman–Crippen LogP) is 3.77. The molecular formula is C21H26FN3O2. The number of piperidine rings is 1. The molecule has 0 N–H and O–H groups in total. The minimum absolute atomic E-state index is 0.0779. The van der Waals surface area contributed by atoms with Gasteiger partial charge < -0.3 is 9.47 Å². The van der Waals surface area contributed by atoms with Crippen LogP contribution in [0.3, 0.4) is 0 Å². The molecule has 2 aliphatic heterocycles. The second-order valence-corrected chi connectivity index (χ2v) is 7.53. The lowest BCUT2D eigenvalue weighted by atomic mass is 10.0. The van der Waals surface area contributed by atoms with Crippen LogP contribution in [0.4, 0.5) is 4.39 Å². The Morgan fingerprint density at radius 2 is 1.85 bits per heavy atom. The number of ether oxygens (including phenoxy) is 2. The molecule has 144 valence electrons. The molecular weight excluding hydrogens is 345 g/mol. The molecule has 1 saturated heterocycles. The van der Waals surface area contributed by atoms with Crippen molar-refractivity contribution in [1.82, 2.24) is 14.9 Å². The van der Waals surface area contributed by atoms with Crippen molar-refractivity contribution >= 4 is 0 Å². The Balaban J connectivity index is 1.39. The second-order valence-electron chi connectivity index (χ2n) is 7.53. The largest absolute Gasteiger partial charge is 0.490 e. The van der Waals surface area contributed by atoms with Crippen molar-refractivity contribution in [3.8, 4) is 11.6 Å². The smallest absolute Gasteiger partial charge is 0.217 e. The van der Waals surface area contributed by atoms with E-state index in [1.807, 2.05) is 32.9 Å². The number of aromatic nitrogens is 2. The van der Waals surface area contributed by atoms with Crippen molar-refractivity contribution in [3.63, 3.8) is 0 Å². The molecule has 0 aromatic carbocycles. The quantitative estimate of drug-likeness (QED) is 0.819. The van der Waals surface area contributed by atoms with E-state index in [2.05, 4.69) is 14.9 Å². The van der Waals surface area contributed by atoms with Gasteiger partial charge in [0.15, 0.2) is 0 Å². The minimum Gasteiger partial charge on any atom is -0.490 e. The first-order valence-electron chi connectivity index (χ1n) is 9.67. The van der Waals surface area contributed by atoms with E-state index in [0.717, 1.165) is 55.1 Å². The molecule has 0 saturated carbocycles. The summed E-state index contributed by atoms with van der Waals surface area (Å²) >= 11 is 0. The van der Waals surface area contributed by atoms with E-state index in [1.54, 1.807) is 6.07 Å². The van der Waals surface area contributed by atoms with Gasteiger partial charge in [-0.05, 0) is 39.7 Å². The summed E-state index contributed by atoms with van der Waals surface area (Å²) in [6.07, 6.45) is 2.74. The van der Waals surface area contributed by atoms with Crippen molar-refractivity contribution in [1.29, 1.82) is 0 Å². The number of halogens is 1. The SMILES string of the molecule is Cc1cc(OC2CCN(C(C)c3nc4c(cc3F)CCO4)CC2)cc(C)n1. The van der Waals surface area contributed by atoms with Gasteiger partial charge in [0, 0.05) is 48.6 Å². The van der Waals surface area contributed by atoms with Crippen LogP contribution in [-0.4, -0.2) is 40.7 Å². The van der Waals surface area contributed by atoms with Gasteiger partial charge >= 0.3 is 0 Å². The first-order valence-corrected chi connectivity index (χ1v) is 9.67. The van der Waals surface area contributed by atoms with Gasteiger partial charge in [0.1, 0.15) is 17.7 Å². The van der Waals surface area contributed by atoms with Crippen LogP contribution < -0.4 is 9.47 Å². The van der Waals surface area contributed by atoms with E-state index in [1.165, 1.54) is 0 Å². The number of hydrogen-bond acceptors (Lipinski definition) is 5. The molecule has 1 fully saturated rings. The van der Waals surface area contributed by atoms with E-state index in [9.17, 15) is 4.39 Å². The molecule has 2 aromatic rings. The van der Waals surface area contributed by atoms with Crippen molar-refractivity contribution in [2.24, 2.45) is 0 Å². The monoisotopic (exact) mass is 371 g/mol. The summed E-state index contributed by atoms with van der Waals surface area (Å²) in [6.45, 7) is 8.28. The number of aryl methyl sites for hydroxylation is 2. The number of pyridine rings is 2. The first kappa shape index (κ1) is 18.2. The van der Waals surface area contributed by atoms with Crippen molar-refractivity contribution in [3.05, 3.63) is 46.7 Å². The summed E-state index contributed by atoms with van der Waals surface area (Å²) in [4.78, 5) is 11.1. The maximum absolute atomic E-state index is 14.5. The molecule has 2 aliphatic rings. The van der Waals surface area contributed by atoms with E-state index in [4.69, 9.17) is 9.47 Å². The Labute approximate surface area is 159 Å². The Kier molecular flexibility index (Phi) is 5.00. The number of nitrogens with zero attached hydrogens (tertiary/aromatic N) is 3. The molecule has 4 heterocycles. The zero-order chi connectivity index (χ0) is 19.0. The molecule has 0 amide bonds. The fraction of sp³-hybridized carbons (Fsp3) is 0.524.